The van der Waals surface area contributed by atoms with E-state index in [1.54, 1.807) is 5.57 Å². The average molecular weight is 310 g/mol. The van der Waals surface area contributed by atoms with Crippen molar-refractivity contribution in [2.24, 2.45) is 5.73 Å². The molecular weight excluding hydrogens is 266 g/mol. The maximum atomic E-state index is 6.23. The monoisotopic (exact) mass is 309 g/mol. The molecule has 0 amide bonds. The molecule has 0 fully saturated rings. The molecule has 0 aromatic carbocycles. The molecule has 0 heterocycles. The maximum Gasteiger partial charge on any atom is 0.00388 e. The molecule has 0 aliphatic heterocycles. The summed E-state index contributed by atoms with van der Waals surface area (Å²) in [6.07, 6.45) is 18.9. The van der Waals surface area contributed by atoms with Crippen molar-refractivity contribution in [2.75, 3.05) is 0 Å². The fraction of sp³-hybridized carbons (Fsp3) is 0.905. The predicted octanol–water partition coefficient (Wildman–Crippen LogP) is 7.15. The molecule has 0 aliphatic rings. The standard InChI is InChI=1S/C21H43N/c1-5-6-7-8-9-10-14-17-21(22)18-15-12-11-13-16-20(4)19(2)3/h21H,5-18,22H2,1-4H3. The summed E-state index contributed by atoms with van der Waals surface area (Å²) in [7, 11) is 0. The second kappa shape index (κ2) is 15.6. The minimum absolute atomic E-state index is 0.454. The van der Waals surface area contributed by atoms with E-state index < -0.39 is 0 Å². The molecule has 0 spiro atoms. The number of nitrogens with two attached hydrogens (primary N) is 1. The average Bonchev–Trinajstić information content (AvgIpc) is 2.49. The minimum Gasteiger partial charge on any atom is -0.328 e. The third kappa shape index (κ3) is 14.6. The van der Waals surface area contributed by atoms with Crippen molar-refractivity contribution >= 4 is 0 Å². The number of hydrogen-bond acceptors (Lipinski definition) is 1. The Hall–Kier alpha value is -0.300. The van der Waals surface area contributed by atoms with E-state index in [9.17, 15) is 0 Å². The van der Waals surface area contributed by atoms with Crippen molar-refractivity contribution in [3.63, 3.8) is 0 Å². The van der Waals surface area contributed by atoms with Crippen LogP contribution in [0.4, 0.5) is 0 Å². The molecular formula is C21H43N. The van der Waals surface area contributed by atoms with Gasteiger partial charge in [0.15, 0.2) is 0 Å². The first-order valence-electron chi connectivity index (χ1n) is 9.96. The molecule has 1 heteroatoms. The van der Waals surface area contributed by atoms with E-state index in [-0.39, 0.29) is 0 Å². The molecule has 0 saturated carbocycles. The lowest BCUT2D eigenvalue weighted by atomic mass is 10.00. The van der Waals surface area contributed by atoms with Crippen molar-refractivity contribution < 1.29 is 0 Å². The van der Waals surface area contributed by atoms with Crippen LogP contribution >= 0.6 is 0 Å². The normalized spacial score (nSPS) is 12.4. The van der Waals surface area contributed by atoms with Gasteiger partial charge in [-0.15, -0.1) is 0 Å². The minimum atomic E-state index is 0.454. The predicted molar refractivity (Wildman–Crippen MR) is 102 cm³/mol. The summed E-state index contributed by atoms with van der Waals surface area (Å²) < 4.78 is 0. The van der Waals surface area contributed by atoms with Crippen LogP contribution in [0.2, 0.25) is 0 Å². The zero-order valence-corrected chi connectivity index (χ0v) is 16.1. The lowest BCUT2D eigenvalue weighted by molar-refractivity contribution is 0.485. The van der Waals surface area contributed by atoms with Gasteiger partial charge in [-0.3, -0.25) is 0 Å². The van der Waals surface area contributed by atoms with Crippen molar-refractivity contribution in [2.45, 2.75) is 124 Å². The van der Waals surface area contributed by atoms with Crippen LogP contribution in [0, 0.1) is 0 Å². The Bertz CT molecular complexity index is 263. The highest BCUT2D eigenvalue weighted by atomic mass is 14.6. The lowest BCUT2D eigenvalue weighted by Gasteiger charge is -2.11. The molecule has 0 aromatic heterocycles. The van der Waals surface area contributed by atoms with Crippen molar-refractivity contribution in [1.82, 2.24) is 0 Å². The Morgan fingerprint density at radius 3 is 1.64 bits per heavy atom. The van der Waals surface area contributed by atoms with Gasteiger partial charge in [-0.1, -0.05) is 82.3 Å². The van der Waals surface area contributed by atoms with Gasteiger partial charge in [0.2, 0.25) is 0 Å². The molecule has 0 radical (unpaired) electrons. The van der Waals surface area contributed by atoms with Crippen molar-refractivity contribution in [1.29, 1.82) is 0 Å². The molecule has 132 valence electrons. The smallest absolute Gasteiger partial charge is 0.00388 e. The Morgan fingerprint density at radius 2 is 1.14 bits per heavy atom. The van der Waals surface area contributed by atoms with E-state index in [0.717, 1.165) is 0 Å². The van der Waals surface area contributed by atoms with Gasteiger partial charge in [-0.25, -0.2) is 0 Å². The SMILES string of the molecule is CCCCCCCCCC(N)CCCCCCC(C)=C(C)C. The van der Waals surface area contributed by atoms with Crippen LogP contribution in [0.15, 0.2) is 11.1 Å². The van der Waals surface area contributed by atoms with E-state index in [2.05, 4.69) is 27.7 Å². The summed E-state index contributed by atoms with van der Waals surface area (Å²) in [6, 6.07) is 0.454. The molecule has 0 bridgehead atoms. The zero-order chi connectivity index (χ0) is 16.6. The summed E-state index contributed by atoms with van der Waals surface area (Å²) in [5, 5.41) is 0. The van der Waals surface area contributed by atoms with E-state index in [4.69, 9.17) is 5.73 Å². The zero-order valence-electron chi connectivity index (χ0n) is 16.1. The highest BCUT2D eigenvalue weighted by Crippen LogP contribution is 2.15. The number of rotatable bonds is 15. The quantitative estimate of drug-likeness (QED) is 0.252. The number of unbranched alkanes of at least 4 members (excludes halogenated alkanes) is 9. The van der Waals surface area contributed by atoms with E-state index in [1.807, 2.05) is 0 Å². The van der Waals surface area contributed by atoms with Crippen LogP contribution < -0.4 is 5.73 Å². The molecule has 0 saturated heterocycles. The van der Waals surface area contributed by atoms with E-state index >= 15 is 0 Å². The first-order chi connectivity index (χ1) is 10.6. The molecule has 0 aromatic rings. The first-order valence-corrected chi connectivity index (χ1v) is 9.96. The maximum absolute atomic E-state index is 6.23. The summed E-state index contributed by atoms with van der Waals surface area (Å²) >= 11 is 0. The van der Waals surface area contributed by atoms with Gasteiger partial charge in [0.25, 0.3) is 0 Å². The van der Waals surface area contributed by atoms with Gasteiger partial charge in [0.1, 0.15) is 0 Å². The molecule has 22 heavy (non-hydrogen) atoms. The molecule has 0 aliphatic carbocycles. The topological polar surface area (TPSA) is 26.0 Å². The van der Waals surface area contributed by atoms with Crippen LogP contribution in [-0.4, -0.2) is 6.04 Å². The van der Waals surface area contributed by atoms with Crippen LogP contribution in [-0.2, 0) is 0 Å². The second-order valence-electron chi connectivity index (χ2n) is 7.40. The van der Waals surface area contributed by atoms with Crippen molar-refractivity contribution in [3.05, 3.63) is 11.1 Å². The molecule has 1 unspecified atom stereocenters. The van der Waals surface area contributed by atoms with Gasteiger partial charge < -0.3 is 5.73 Å². The molecule has 2 N–H and O–H groups in total. The first kappa shape index (κ1) is 21.7. The largest absolute Gasteiger partial charge is 0.328 e. The van der Waals surface area contributed by atoms with Crippen LogP contribution in [0.1, 0.15) is 118 Å². The summed E-state index contributed by atoms with van der Waals surface area (Å²) in [5.74, 6) is 0. The molecule has 1 nitrogen and oxygen atoms in total. The Balaban J connectivity index is 3.29. The van der Waals surface area contributed by atoms with Gasteiger partial charge in [0, 0.05) is 6.04 Å². The van der Waals surface area contributed by atoms with Crippen LogP contribution in [0.5, 0.6) is 0 Å². The Labute approximate surface area is 141 Å². The van der Waals surface area contributed by atoms with Gasteiger partial charge in [-0.05, 0) is 46.5 Å². The van der Waals surface area contributed by atoms with Gasteiger partial charge in [0.05, 0.1) is 0 Å². The van der Waals surface area contributed by atoms with Gasteiger partial charge in [-0.2, -0.15) is 0 Å². The third-order valence-electron chi connectivity index (χ3n) is 4.91. The van der Waals surface area contributed by atoms with Gasteiger partial charge >= 0.3 is 0 Å². The van der Waals surface area contributed by atoms with E-state index in [0.29, 0.717) is 6.04 Å². The summed E-state index contributed by atoms with van der Waals surface area (Å²) in [4.78, 5) is 0. The van der Waals surface area contributed by atoms with Crippen LogP contribution in [0.25, 0.3) is 0 Å². The second-order valence-corrected chi connectivity index (χ2v) is 7.40. The van der Waals surface area contributed by atoms with Crippen LogP contribution in [0.3, 0.4) is 0 Å². The highest BCUT2D eigenvalue weighted by Gasteiger charge is 2.02. The number of hydrogen-bond donors (Lipinski definition) is 1. The number of allylic oxidation sites excluding steroid dienone is 2. The third-order valence-corrected chi connectivity index (χ3v) is 4.91. The van der Waals surface area contributed by atoms with E-state index in [1.165, 1.54) is 95.5 Å². The fourth-order valence-corrected chi connectivity index (χ4v) is 2.91. The Morgan fingerprint density at radius 1 is 0.682 bits per heavy atom. The molecule has 0 rings (SSSR count). The summed E-state index contributed by atoms with van der Waals surface area (Å²) in [6.45, 7) is 8.99. The Kier molecular flexibility index (Phi) is 15.4. The molecule has 1 atom stereocenters. The summed E-state index contributed by atoms with van der Waals surface area (Å²) in [5.41, 5.74) is 9.31. The van der Waals surface area contributed by atoms with Crippen molar-refractivity contribution in [3.8, 4) is 0 Å². The fourth-order valence-electron chi connectivity index (χ4n) is 2.91. The lowest BCUT2D eigenvalue weighted by Crippen LogP contribution is -2.19. The highest BCUT2D eigenvalue weighted by molar-refractivity contribution is 5.06.